The number of hydrogen-bond donors (Lipinski definition) is 2. The fraction of sp³-hybridized carbons (Fsp3) is 0.160. The number of nitrogens with one attached hydrogen (secondary N) is 2. The summed E-state index contributed by atoms with van der Waals surface area (Å²) in [6.45, 7) is 0.985. The van der Waals surface area contributed by atoms with Crippen molar-refractivity contribution in [1.29, 1.82) is 0 Å². The lowest BCUT2D eigenvalue weighted by Crippen LogP contribution is -2.29. The van der Waals surface area contributed by atoms with Crippen LogP contribution in [-0.4, -0.2) is 24.4 Å². The van der Waals surface area contributed by atoms with Gasteiger partial charge in [0.15, 0.2) is 6.61 Å². The van der Waals surface area contributed by atoms with E-state index in [9.17, 15) is 14.4 Å². The van der Waals surface area contributed by atoms with E-state index < -0.39 is 24.5 Å². The number of ether oxygens (including phenoxy) is 1. The fourth-order valence-corrected chi connectivity index (χ4v) is 3.13. The third-order valence-electron chi connectivity index (χ3n) is 4.59. The van der Waals surface area contributed by atoms with Crippen molar-refractivity contribution in [2.75, 3.05) is 11.9 Å². The monoisotopic (exact) mass is 416 g/mol. The van der Waals surface area contributed by atoms with E-state index in [-0.39, 0.29) is 12.3 Å². The van der Waals surface area contributed by atoms with Crippen LogP contribution in [0.4, 0.5) is 5.69 Å². The van der Waals surface area contributed by atoms with Crippen LogP contribution >= 0.6 is 0 Å². The standard InChI is InChI=1S/C25H24N2O4/c1-18(28)26-23(21-10-6-3-7-11-21)16-25(30)31-17-24(29)27-22-14-12-20(13-15-22)19-8-4-2-5-9-19/h2-15,23H,16-17H2,1H3,(H,26,28)(H,27,29)/t23-/m0/s1. The van der Waals surface area contributed by atoms with Crippen molar-refractivity contribution < 1.29 is 19.1 Å². The molecule has 0 unspecified atom stereocenters. The second kappa shape index (κ2) is 10.7. The first-order chi connectivity index (χ1) is 15.0. The van der Waals surface area contributed by atoms with Crippen molar-refractivity contribution in [1.82, 2.24) is 5.32 Å². The number of amides is 2. The molecule has 6 heteroatoms. The topological polar surface area (TPSA) is 84.5 Å². The minimum atomic E-state index is -0.572. The van der Waals surface area contributed by atoms with Crippen molar-refractivity contribution >= 4 is 23.5 Å². The second-order valence-electron chi connectivity index (χ2n) is 7.02. The molecule has 0 fully saturated rings. The largest absolute Gasteiger partial charge is 0.455 e. The van der Waals surface area contributed by atoms with Crippen LogP contribution in [0.3, 0.4) is 0 Å². The van der Waals surface area contributed by atoms with Crippen LogP contribution in [-0.2, 0) is 19.1 Å². The van der Waals surface area contributed by atoms with E-state index in [1.165, 1.54) is 6.92 Å². The summed E-state index contributed by atoms with van der Waals surface area (Å²) in [7, 11) is 0. The molecule has 0 heterocycles. The molecule has 0 bridgehead atoms. The maximum absolute atomic E-state index is 12.2. The van der Waals surface area contributed by atoms with Gasteiger partial charge in [0.1, 0.15) is 0 Å². The third-order valence-corrected chi connectivity index (χ3v) is 4.59. The lowest BCUT2D eigenvalue weighted by Gasteiger charge is -2.17. The average molecular weight is 416 g/mol. The maximum atomic E-state index is 12.2. The Bertz CT molecular complexity index is 1020. The molecule has 0 saturated heterocycles. The number of carbonyl (C=O) groups excluding carboxylic acids is 3. The average Bonchev–Trinajstić information content (AvgIpc) is 2.79. The number of rotatable bonds is 8. The van der Waals surface area contributed by atoms with Crippen molar-refractivity contribution in [2.45, 2.75) is 19.4 Å². The Hall–Kier alpha value is -3.93. The Kier molecular flexibility index (Phi) is 7.54. The Balaban J connectivity index is 1.50. The van der Waals surface area contributed by atoms with Crippen LogP contribution in [0.25, 0.3) is 11.1 Å². The maximum Gasteiger partial charge on any atom is 0.308 e. The molecule has 0 aromatic heterocycles. The van der Waals surface area contributed by atoms with Crippen LogP contribution in [0.2, 0.25) is 0 Å². The van der Waals surface area contributed by atoms with Crippen LogP contribution in [0, 0.1) is 0 Å². The summed E-state index contributed by atoms with van der Waals surface area (Å²) in [5, 5.41) is 5.44. The van der Waals surface area contributed by atoms with Gasteiger partial charge in [-0.25, -0.2) is 0 Å². The highest BCUT2D eigenvalue weighted by Crippen LogP contribution is 2.21. The molecule has 3 aromatic carbocycles. The zero-order valence-electron chi connectivity index (χ0n) is 17.2. The molecule has 1 atom stereocenters. The number of esters is 1. The molecule has 2 amide bonds. The Labute approximate surface area is 181 Å². The molecule has 3 aromatic rings. The molecular weight excluding hydrogens is 392 g/mol. The first-order valence-electron chi connectivity index (χ1n) is 9.94. The van der Waals surface area contributed by atoms with Gasteiger partial charge in [-0.3, -0.25) is 14.4 Å². The molecule has 2 N–H and O–H groups in total. The van der Waals surface area contributed by atoms with E-state index in [2.05, 4.69) is 10.6 Å². The molecule has 3 rings (SSSR count). The number of anilines is 1. The fourth-order valence-electron chi connectivity index (χ4n) is 3.13. The summed E-state index contributed by atoms with van der Waals surface area (Å²) in [5.41, 5.74) is 3.52. The van der Waals surface area contributed by atoms with Crippen LogP contribution < -0.4 is 10.6 Å². The van der Waals surface area contributed by atoms with Gasteiger partial charge in [0, 0.05) is 12.6 Å². The summed E-state index contributed by atoms with van der Waals surface area (Å²) in [5.74, 6) is -1.26. The van der Waals surface area contributed by atoms with E-state index in [1.54, 1.807) is 12.1 Å². The Morgan fingerprint density at radius 3 is 2.00 bits per heavy atom. The highest BCUT2D eigenvalue weighted by Gasteiger charge is 2.18. The summed E-state index contributed by atoms with van der Waals surface area (Å²) < 4.78 is 5.10. The molecule has 6 nitrogen and oxygen atoms in total. The Morgan fingerprint density at radius 2 is 1.39 bits per heavy atom. The molecule has 0 aliphatic carbocycles. The van der Waals surface area contributed by atoms with Gasteiger partial charge in [0.2, 0.25) is 5.91 Å². The zero-order valence-corrected chi connectivity index (χ0v) is 17.2. The van der Waals surface area contributed by atoms with Gasteiger partial charge in [0.25, 0.3) is 5.91 Å². The molecule has 0 saturated carbocycles. The Morgan fingerprint density at radius 1 is 0.806 bits per heavy atom. The van der Waals surface area contributed by atoms with Gasteiger partial charge >= 0.3 is 5.97 Å². The van der Waals surface area contributed by atoms with Gasteiger partial charge in [-0.15, -0.1) is 0 Å². The molecule has 0 radical (unpaired) electrons. The summed E-state index contributed by atoms with van der Waals surface area (Å²) in [4.78, 5) is 35.8. The van der Waals surface area contributed by atoms with Crippen LogP contribution in [0.1, 0.15) is 24.9 Å². The molecule has 0 aliphatic heterocycles. The van der Waals surface area contributed by atoms with E-state index >= 15 is 0 Å². The van der Waals surface area contributed by atoms with E-state index in [0.29, 0.717) is 5.69 Å². The van der Waals surface area contributed by atoms with Gasteiger partial charge in [0.05, 0.1) is 12.5 Å². The zero-order chi connectivity index (χ0) is 22.1. The highest BCUT2D eigenvalue weighted by atomic mass is 16.5. The van der Waals surface area contributed by atoms with Crippen LogP contribution in [0.15, 0.2) is 84.9 Å². The molecule has 158 valence electrons. The summed E-state index contributed by atoms with van der Waals surface area (Å²) in [6, 6.07) is 25.9. The molecule has 0 spiro atoms. The van der Waals surface area contributed by atoms with Crippen LogP contribution in [0.5, 0.6) is 0 Å². The van der Waals surface area contributed by atoms with E-state index in [0.717, 1.165) is 16.7 Å². The lowest BCUT2D eigenvalue weighted by molar-refractivity contribution is -0.148. The lowest BCUT2D eigenvalue weighted by atomic mass is 10.0. The summed E-state index contributed by atoms with van der Waals surface area (Å²) >= 11 is 0. The minimum absolute atomic E-state index is 0.0668. The number of hydrogen-bond acceptors (Lipinski definition) is 4. The molecule has 0 aliphatic rings. The smallest absolute Gasteiger partial charge is 0.308 e. The predicted octanol–water partition coefficient (Wildman–Crippen LogP) is 4.10. The first-order valence-corrected chi connectivity index (χ1v) is 9.94. The SMILES string of the molecule is CC(=O)N[C@@H](CC(=O)OCC(=O)Nc1ccc(-c2ccccc2)cc1)c1ccccc1. The third kappa shape index (κ3) is 6.82. The van der Waals surface area contributed by atoms with Crippen molar-refractivity contribution in [3.8, 4) is 11.1 Å². The van der Waals surface area contributed by atoms with Crippen molar-refractivity contribution in [3.05, 3.63) is 90.5 Å². The van der Waals surface area contributed by atoms with Gasteiger partial charge < -0.3 is 15.4 Å². The van der Waals surface area contributed by atoms with Gasteiger partial charge in [-0.2, -0.15) is 0 Å². The predicted molar refractivity (Wildman–Crippen MR) is 119 cm³/mol. The van der Waals surface area contributed by atoms with Crippen molar-refractivity contribution in [3.63, 3.8) is 0 Å². The normalized spacial score (nSPS) is 11.3. The number of carbonyl (C=O) groups is 3. The summed E-state index contributed by atoms with van der Waals surface area (Å²) in [6.07, 6.45) is -0.0668. The second-order valence-corrected chi connectivity index (χ2v) is 7.02. The van der Waals surface area contributed by atoms with Crippen molar-refractivity contribution in [2.24, 2.45) is 0 Å². The minimum Gasteiger partial charge on any atom is -0.455 e. The van der Waals surface area contributed by atoms with Gasteiger partial charge in [-0.05, 0) is 28.8 Å². The highest BCUT2D eigenvalue weighted by molar-refractivity contribution is 5.93. The molecule has 31 heavy (non-hydrogen) atoms. The number of benzene rings is 3. The van der Waals surface area contributed by atoms with Gasteiger partial charge in [-0.1, -0.05) is 72.8 Å². The molecular formula is C25H24N2O4. The van der Waals surface area contributed by atoms with E-state index in [1.807, 2.05) is 72.8 Å². The quantitative estimate of drug-likeness (QED) is 0.542. The first kappa shape index (κ1) is 21.8. The van der Waals surface area contributed by atoms with E-state index in [4.69, 9.17) is 4.74 Å².